The maximum Gasteiger partial charge on any atom is 0.268 e. The minimum absolute atomic E-state index is 0.0759. The Morgan fingerprint density at radius 2 is 1.95 bits per heavy atom. The Labute approximate surface area is 129 Å². The zero-order valence-electron chi connectivity index (χ0n) is 12.0. The summed E-state index contributed by atoms with van der Waals surface area (Å²) in [7, 11) is -1.98. The lowest BCUT2D eigenvalue weighted by Gasteiger charge is -2.36. The molecular formula is C13H21IN2O2Si. The molecule has 0 radical (unpaired) electrons. The number of nitrogen functional groups attached to an aromatic ring is 1. The number of nitrogens with one attached hydrogen (secondary N) is 1. The third-order valence-corrected chi connectivity index (χ3v) is 8.50. The number of carbonyl (C=O) groups is 1. The molecule has 106 valence electrons. The van der Waals surface area contributed by atoms with E-state index in [-0.39, 0.29) is 10.9 Å². The number of hydrogen-bond donors (Lipinski definition) is 2. The van der Waals surface area contributed by atoms with Crippen molar-refractivity contribution in [3.8, 4) is 5.75 Å². The largest absolute Gasteiger partial charge is 0.543 e. The van der Waals surface area contributed by atoms with Crippen molar-refractivity contribution in [1.29, 1.82) is 0 Å². The first-order chi connectivity index (χ1) is 8.58. The molecule has 0 bridgehead atoms. The van der Waals surface area contributed by atoms with E-state index in [2.05, 4.69) is 61.9 Å². The lowest BCUT2D eigenvalue weighted by Crippen LogP contribution is -2.44. The van der Waals surface area contributed by atoms with Crippen molar-refractivity contribution in [2.24, 2.45) is 5.84 Å². The Kier molecular flexibility index (Phi) is 5.02. The molecule has 1 rings (SSSR count). The van der Waals surface area contributed by atoms with Gasteiger partial charge in [-0.2, -0.15) is 0 Å². The van der Waals surface area contributed by atoms with Gasteiger partial charge in [-0.15, -0.1) is 0 Å². The van der Waals surface area contributed by atoms with Crippen molar-refractivity contribution in [2.75, 3.05) is 0 Å². The fraction of sp³-hybridized carbons (Fsp3) is 0.462. The van der Waals surface area contributed by atoms with E-state index in [1.807, 2.05) is 12.1 Å². The third-order valence-electron chi connectivity index (χ3n) is 3.49. The SMILES string of the molecule is CC(C)(C)[Si](C)(C)Oc1ccc(I)cc1C(=O)NN. The highest BCUT2D eigenvalue weighted by Crippen LogP contribution is 2.38. The number of hydrogen-bond acceptors (Lipinski definition) is 3. The molecular weight excluding hydrogens is 371 g/mol. The molecule has 1 aromatic carbocycles. The number of rotatable bonds is 3. The maximum absolute atomic E-state index is 11.8. The quantitative estimate of drug-likeness (QED) is 0.273. The van der Waals surface area contributed by atoms with Gasteiger partial charge in [0.1, 0.15) is 5.75 Å². The van der Waals surface area contributed by atoms with Crippen molar-refractivity contribution in [3.05, 3.63) is 27.3 Å². The van der Waals surface area contributed by atoms with E-state index in [0.717, 1.165) is 3.57 Å². The van der Waals surface area contributed by atoms with Crippen molar-refractivity contribution in [2.45, 2.75) is 38.9 Å². The van der Waals surface area contributed by atoms with Crippen LogP contribution in [0.4, 0.5) is 0 Å². The first-order valence-electron chi connectivity index (χ1n) is 6.08. The average molecular weight is 392 g/mol. The van der Waals surface area contributed by atoms with Gasteiger partial charge in [-0.25, -0.2) is 5.84 Å². The lowest BCUT2D eigenvalue weighted by atomic mass is 10.2. The van der Waals surface area contributed by atoms with E-state index in [4.69, 9.17) is 10.3 Å². The number of benzene rings is 1. The van der Waals surface area contributed by atoms with Gasteiger partial charge in [0.2, 0.25) is 0 Å². The van der Waals surface area contributed by atoms with Crippen LogP contribution in [0.15, 0.2) is 18.2 Å². The average Bonchev–Trinajstić information content (AvgIpc) is 2.28. The standard InChI is InChI=1S/C13H21IN2O2Si/c1-13(2,3)19(4,5)18-11-7-6-9(14)8-10(11)12(17)16-15/h6-8H,15H2,1-5H3,(H,16,17). The molecule has 0 aliphatic rings. The summed E-state index contributed by atoms with van der Waals surface area (Å²) >= 11 is 2.16. The summed E-state index contributed by atoms with van der Waals surface area (Å²) in [5.41, 5.74) is 2.65. The molecule has 0 unspecified atom stereocenters. The Morgan fingerprint density at radius 3 is 2.42 bits per heavy atom. The lowest BCUT2D eigenvalue weighted by molar-refractivity contribution is 0.0951. The normalized spacial score (nSPS) is 12.2. The molecule has 3 N–H and O–H groups in total. The van der Waals surface area contributed by atoms with Crippen LogP contribution in [-0.4, -0.2) is 14.2 Å². The number of hydrazine groups is 1. The molecule has 0 atom stereocenters. The molecule has 0 heterocycles. The summed E-state index contributed by atoms with van der Waals surface area (Å²) < 4.78 is 7.17. The van der Waals surface area contributed by atoms with Gasteiger partial charge in [-0.05, 0) is 58.9 Å². The van der Waals surface area contributed by atoms with Crippen LogP contribution in [0.1, 0.15) is 31.1 Å². The van der Waals surface area contributed by atoms with E-state index in [0.29, 0.717) is 11.3 Å². The Morgan fingerprint density at radius 1 is 1.37 bits per heavy atom. The van der Waals surface area contributed by atoms with Gasteiger partial charge in [-0.1, -0.05) is 20.8 Å². The number of carbonyl (C=O) groups excluding carboxylic acids is 1. The smallest absolute Gasteiger partial charge is 0.268 e. The van der Waals surface area contributed by atoms with Gasteiger partial charge in [0.05, 0.1) is 5.56 Å². The van der Waals surface area contributed by atoms with Crippen molar-refractivity contribution < 1.29 is 9.22 Å². The second-order valence-electron chi connectivity index (χ2n) is 5.98. The van der Waals surface area contributed by atoms with Crippen LogP contribution in [0.25, 0.3) is 0 Å². The highest BCUT2D eigenvalue weighted by molar-refractivity contribution is 14.1. The molecule has 0 spiro atoms. The Balaban J connectivity index is 3.18. The van der Waals surface area contributed by atoms with E-state index >= 15 is 0 Å². The van der Waals surface area contributed by atoms with Crippen LogP contribution in [0.3, 0.4) is 0 Å². The maximum atomic E-state index is 11.8. The molecule has 0 saturated carbocycles. The van der Waals surface area contributed by atoms with Gasteiger partial charge < -0.3 is 4.43 Å². The van der Waals surface area contributed by atoms with Gasteiger partial charge in [-0.3, -0.25) is 10.2 Å². The predicted octanol–water partition coefficient (Wildman–Crippen LogP) is 3.28. The fourth-order valence-corrected chi connectivity index (χ4v) is 2.80. The van der Waals surface area contributed by atoms with Crippen LogP contribution >= 0.6 is 22.6 Å². The first kappa shape index (κ1) is 16.5. The highest BCUT2D eigenvalue weighted by Gasteiger charge is 2.39. The Hall–Kier alpha value is -0.603. The first-order valence-corrected chi connectivity index (χ1v) is 10.1. The van der Waals surface area contributed by atoms with E-state index in [1.54, 1.807) is 6.07 Å². The molecule has 4 nitrogen and oxygen atoms in total. The minimum Gasteiger partial charge on any atom is -0.543 e. The van der Waals surface area contributed by atoms with Gasteiger partial charge >= 0.3 is 0 Å². The fourth-order valence-electron chi connectivity index (χ4n) is 1.27. The summed E-state index contributed by atoms with van der Waals surface area (Å²) in [6.07, 6.45) is 0. The van der Waals surface area contributed by atoms with Crippen molar-refractivity contribution >= 4 is 36.8 Å². The van der Waals surface area contributed by atoms with Gasteiger partial charge in [0.15, 0.2) is 0 Å². The van der Waals surface area contributed by atoms with Gasteiger partial charge in [0.25, 0.3) is 14.2 Å². The summed E-state index contributed by atoms with van der Waals surface area (Å²) in [5.74, 6) is 5.51. The minimum atomic E-state index is -1.98. The highest BCUT2D eigenvalue weighted by atomic mass is 127. The third kappa shape index (κ3) is 3.93. The zero-order chi connectivity index (χ0) is 14.8. The molecule has 0 aromatic heterocycles. The summed E-state index contributed by atoms with van der Waals surface area (Å²) in [4.78, 5) is 11.8. The van der Waals surface area contributed by atoms with Crippen LogP contribution in [0, 0.1) is 3.57 Å². The predicted molar refractivity (Wildman–Crippen MR) is 88.6 cm³/mol. The summed E-state index contributed by atoms with van der Waals surface area (Å²) in [5, 5.41) is 0.0759. The molecule has 0 aliphatic carbocycles. The van der Waals surface area contributed by atoms with Crippen LogP contribution in [0.2, 0.25) is 18.1 Å². The number of nitrogens with two attached hydrogens (primary N) is 1. The summed E-state index contributed by atoms with van der Waals surface area (Å²) in [6, 6.07) is 5.55. The number of amides is 1. The van der Waals surface area contributed by atoms with Crippen LogP contribution in [-0.2, 0) is 0 Å². The molecule has 0 fully saturated rings. The monoisotopic (exact) mass is 392 g/mol. The second kappa shape index (κ2) is 5.80. The Bertz CT molecular complexity index is 484. The second-order valence-corrected chi connectivity index (χ2v) is 11.9. The zero-order valence-corrected chi connectivity index (χ0v) is 15.2. The summed E-state index contributed by atoms with van der Waals surface area (Å²) in [6.45, 7) is 10.8. The number of halogens is 1. The topological polar surface area (TPSA) is 64.3 Å². The molecule has 6 heteroatoms. The van der Waals surface area contributed by atoms with Gasteiger partial charge in [0, 0.05) is 3.57 Å². The molecule has 19 heavy (non-hydrogen) atoms. The van der Waals surface area contributed by atoms with Crippen LogP contribution in [0.5, 0.6) is 5.75 Å². The van der Waals surface area contributed by atoms with E-state index in [9.17, 15) is 4.79 Å². The van der Waals surface area contributed by atoms with Crippen molar-refractivity contribution in [3.63, 3.8) is 0 Å². The molecule has 1 aromatic rings. The van der Waals surface area contributed by atoms with Crippen molar-refractivity contribution in [1.82, 2.24) is 5.43 Å². The molecule has 0 saturated heterocycles. The molecule has 0 aliphatic heterocycles. The van der Waals surface area contributed by atoms with E-state index < -0.39 is 8.32 Å². The van der Waals surface area contributed by atoms with E-state index in [1.165, 1.54) is 0 Å². The molecule has 1 amide bonds. The van der Waals surface area contributed by atoms with Crippen LogP contribution < -0.4 is 15.7 Å².